The van der Waals surface area contributed by atoms with Crippen molar-refractivity contribution in [3.05, 3.63) is 90.6 Å². The third-order valence-electron chi connectivity index (χ3n) is 3.93. The summed E-state index contributed by atoms with van der Waals surface area (Å²) in [4.78, 5) is 28.7. The van der Waals surface area contributed by atoms with E-state index in [0.29, 0.717) is 22.7 Å². The summed E-state index contributed by atoms with van der Waals surface area (Å²) in [6.07, 6.45) is 4.50. The number of hydrogen-bond acceptors (Lipinski definition) is 5. The van der Waals surface area contributed by atoms with Crippen LogP contribution in [0.1, 0.15) is 20.8 Å². The first-order chi connectivity index (χ1) is 13.7. The van der Waals surface area contributed by atoms with Crippen molar-refractivity contribution in [2.24, 2.45) is 0 Å². The molecule has 3 heterocycles. The van der Waals surface area contributed by atoms with Crippen LogP contribution in [0.4, 0.5) is 0 Å². The van der Waals surface area contributed by atoms with Crippen molar-refractivity contribution in [3.63, 3.8) is 0 Å². The van der Waals surface area contributed by atoms with Gasteiger partial charge in [-0.2, -0.15) is 5.10 Å². The van der Waals surface area contributed by atoms with Gasteiger partial charge in [0.15, 0.2) is 5.76 Å². The zero-order valence-electron chi connectivity index (χ0n) is 14.6. The first-order valence-corrected chi connectivity index (χ1v) is 8.42. The number of para-hydroxylation sites is 1. The van der Waals surface area contributed by atoms with Crippen LogP contribution in [0, 0.1) is 0 Å². The van der Waals surface area contributed by atoms with Gasteiger partial charge in [-0.1, -0.05) is 18.2 Å². The van der Waals surface area contributed by atoms with Gasteiger partial charge in [-0.25, -0.2) is 4.68 Å². The van der Waals surface area contributed by atoms with Crippen molar-refractivity contribution in [1.29, 1.82) is 0 Å². The van der Waals surface area contributed by atoms with E-state index in [4.69, 9.17) is 4.42 Å². The summed E-state index contributed by atoms with van der Waals surface area (Å²) in [5, 5.41) is 4.47. The summed E-state index contributed by atoms with van der Waals surface area (Å²) in [6, 6.07) is 17.5. The average Bonchev–Trinajstić information content (AvgIpc) is 3.43. The van der Waals surface area contributed by atoms with Crippen molar-refractivity contribution < 1.29 is 14.0 Å². The molecule has 4 aromatic rings. The van der Waals surface area contributed by atoms with Gasteiger partial charge in [0.05, 0.1) is 17.5 Å². The summed E-state index contributed by atoms with van der Waals surface area (Å²) < 4.78 is 6.86. The number of hydrazine groups is 1. The number of hydrogen-bond donors (Lipinski definition) is 2. The van der Waals surface area contributed by atoms with Crippen molar-refractivity contribution in [1.82, 2.24) is 25.6 Å². The van der Waals surface area contributed by atoms with Gasteiger partial charge >= 0.3 is 0 Å². The third kappa shape index (κ3) is 3.51. The predicted octanol–water partition coefficient (Wildman–Crippen LogP) is 2.60. The van der Waals surface area contributed by atoms with E-state index >= 15 is 0 Å². The van der Waals surface area contributed by atoms with Gasteiger partial charge in [-0.15, -0.1) is 0 Å². The number of rotatable bonds is 4. The number of furan rings is 1. The Morgan fingerprint density at radius 2 is 1.75 bits per heavy atom. The lowest BCUT2D eigenvalue weighted by Crippen LogP contribution is -2.42. The van der Waals surface area contributed by atoms with Gasteiger partial charge in [-0.3, -0.25) is 25.4 Å². The first-order valence-electron chi connectivity index (χ1n) is 8.42. The molecule has 0 saturated carbocycles. The second kappa shape index (κ2) is 7.58. The van der Waals surface area contributed by atoms with Crippen LogP contribution in [0.25, 0.3) is 17.1 Å². The molecule has 0 unspecified atom stereocenters. The fourth-order valence-corrected chi connectivity index (χ4v) is 2.60. The number of amides is 2. The van der Waals surface area contributed by atoms with Crippen LogP contribution in [0.5, 0.6) is 0 Å². The van der Waals surface area contributed by atoms with E-state index in [1.54, 1.807) is 36.5 Å². The van der Waals surface area contributed by atoms with Gasteiger partial charge in [-0.05, 0) is 36.4 Å². The van der Waals surface area contributed by atoms with Crippen molar-refractivity contribution in [2.45, 2.75) is 0 Å². The molecule has 1 aromatic carbocycles. The van der Waals surface area contributed by atoms with Crippen LogP contribution in [-0.4, -0.2) is 26.6 Å². The van der Waals surface area contributed by atoms with E-state index in [9.17, 15) is 9.59 Å². The van der Waals surface area contributed by atoms with Gasteiger partial charge in [0.25, 0.3) is 11.8 Å². The molecule has 0 aliphatic heterocycles. The van der Waals surface area contributed by atoms with Crippen LogP contribution in [-0.2, 0) is 0 Å². The van der Waals surface area contributed by atoms with Crippen LogP contribution in [0.15, 0.2) is 83.7 Å². The number of aromatic nitrogens is 3. The number of nitrogens with zero attached hydrogens (tertiary/aromatic N) is 3. The number of carbonyl (C=O) groups is 2. The van der Waals surface area contributed by atoms with E-state index in [0.717, 1.165) is 0 Å². The Hall–Kier alpha value is -4.20. The summed E-state index contributed by atoms with van der Waals surface area (Å²) >= 11 is 0. The fourth-order valence-electron chi connectivity index (χ4n) is 2.60. The molecule has 0 saturated heterocycles. The Morgan fingerprint density at radius 3 is 2.46 bits per heavy atom. The highest BCUT2D eigenvalue weighted by molar-refractivity contribution is 5.98. The molecule has 3 aromatic heterocycles. The SMILES string of the molecule is O=C(NNC(=O)c1cc(-c2ccco2)nn1-c1ccccc1)c1cccnc1. The predicted molar refractivity (Wildman–Crippen MR) is 100 cm³/mol. The standard InChI is InChI=1S/C20H15N5O3/c26-19(14-6-4-10-21-13-14)22-23-20(27)17-12-16(18-9-5-11-28-18)24-25(17)15-7-2-1-3-8-15/h1-13H,(H,22,26)(H,23,27). The smallest absolute Gasteiger partial charge is 0.288 e. The number of carbonyl (C=O) groups excluding carboxylic acids is 2. The number of benzene rings is 1. The lowest BCUT2D eigenvalue weighted by atomic mass is 10.2. The monoisotopic (exact) mass is 373 g/mol. The van der Waals surface area contributed by atoms with E-state index in [-0.39, 0.29) is 5.69 Å². The van der Waals surface area contributed by atoms with E-state index in [2.05, 4.69) is 20.9 Å². The molecule has 8 nitrogen and oxygen atoms in total. The minimum absolute atomic E-state index is 0.240. The molecule has 0 atom stereocenters. The molecule has 0 bridgehead atoms. The minimum atomic E-state index is -0.522. The number of nitrogens with one attached hydrogen (secondary N) is 2. The molecule has 2 N–H and O–H groups in total. The van der Waals surface area contributed by atoms with Gasteiger partial charge < -0.3 is 4.42 Å². The van der Waals surface area contributed by atoms with Gasteiger partial charge in [0.1, 0.15) is 11.4 Å². The lowest BCUT2D eigenvalue weighted by Gasteiger charge is -2.09. The molecule has 0 radical (unpaired) electrons. The molecule has 138 valence electrons. The average molecular weight is 373 g/mol. The van der Waals surface area contributed by atoms with Gasteiger partial charge in [0, 0.05) is 18.5 Å². The maximum absolute atomic E-state index is 12.7. The highest BCUT2D eigenvalue weighted by Crippen LogP contribution is 2.22. The normalized spacial score (nSPS) is 10.4. The Balaban J connectivity index is 1.60. The molecule has 2 amide bonds. The van der Waals surface area contributed by atoms with Crippen LogP contribution >= 0.6 is 0 Å². The Kier molecular flexibility index (Phi) is 4.67. The lowest BCUT2D eigenvalue weighted by molar-refractivity contribution is 0.0842. The topological polar surface area (TPSA) is 102 Å². The quantitative estimate of drug-likeness (QED) is 0.536. The summed E-state index contributed by atoms with van der Waals surface area (Å²) in [5.41, 5.74) is 6.55. The maximum atomic E-state index is 12.7. The van der Waals surface area contributed by atoms with Crippen LogP contribution < -0.4 is 10.9 Å². The molecular weight excluding hydrogens is 358 g/mol. The molecule has 0 spiro atoms. The molecular formula is C20H15N5O3. The Labute approximate surface area is 159 Å². The van der Waals surface area contributed by atoms with E-state index < -0.39 is 11.8 Å². The Bertz CT molecular complexity index is 1090. The molecule has 8 heteroatoms. The summed E-state index contributed by atoms with van der Waals surface area (Å²) in [6.45, 7) is 0. The van der Waals surface area contributed by atoms with E-state index in [1.165, 1.54) is 17.1 Å². The zero-order chi connectivity index (χ0) is 19.3. The second-order valence-corrected chi connectivity index (χ2v) is 5.79. The molecule has 0 aliphatic carbocycles. The first kappa shape index (κ1) is 17.2. The third-order valence-corrected chi connectivity index (χ3v) is 3.93. The highest BCUT2D eigenvalue weighted by Gasteiger charge is 2.19. The van der Waals surface area contributed by atoms with Crippen molar-refractivity contribution in [2.75, 3.05) is 0 Å². The Morgan fingerprint density at radius 1 is 0.929 bits per heavy atom. The van der Waals surface area contributed by atoms with Crippen LogP contribution in [0.3, 0.4) is 0 Å². The molecule has 0 aliphatic rings. The van der Waals surface area contributed by atoms with E-state index in [1.807, 2.05) is 30.3 Å². The fraction of sp³-hybridized carbons (Fsp3) is 0. The van der Waals surface area contributed by atoms with Crippen molar-refractivity contribution >= 4 is 11.8 Å². The van der Waals surface area contributed by atoms with Crippen LogP contribution in [0.2, 0.25) is 0 Å². The maximum Gasteiger partial charge on any atom is 0.288 e. The molecule has 28 heavy (non-hydrogen) atoms. The summed E-state index contributed by atoms with van der Waals surface area (Å²) in [7, 11) is 0. The molecule has 0 fully saturated rings. The minimum Gasteiger partial charge on any atom is -0.463 e. The van der Waals surface area contributed by atoms with Gasteiger partial charge in [0.2, 0.25) is 0 Å². The number of pyridine rings is 1. The largest absolute Gasteiger partial charge is 0.463 e. The van der Waals surface area contributed by atoms with Crippen molar-refractivity contribution in [3.8, 4) is 17.1 Å². The highest BCUT2D eigenvalue weighted by atomic mass is 16.3. The zero-order valence-corrected chi connectivity index (χ0v) is 14.6. The summed E-state index contributed by atoms with van der Waals surface area (Å²) in [5.74, 6) is -0.465. The second-order valence-electron chi connectivity index (χ2n) is 5.79. The molecule has 4 rings (SSSR count).